The van der Waals surface area contributed by atoms with Gasteiger partial charge in [0.1, 0.15) is 0 Å². The Morgan fingerprint density at radius 2 is 2.38 bits per heavy atom. The number of nitrogens with one attached hydrogen (secondary N) is 1. The first kappa shape index (κ1) is 9.82. The molecule has 1 rings (SSSR count). The van der Waals surface area contributed by atoms with Gasteiger partial charge in [-0.2, -0.15) is 5.26 Å². The zero-order valence-electron chi connectivity index (χ0n) is 8.00. The Labute approximate surface area is 78.4 Å². The molecule has 0 unspecified atom stereocenters. The third-order valence-corrected chi connectivity index (χ3v) is 1.78. The van der Waals surface area contributed by atoms with Crippen molar-refractivity contribution >= 4 is 0 Å². The van der Waals surface area contributed by atoms with Gasteiger partial charge in [-0.1, -0.05) is 0 Å². The highest BCUT2D eigenvalue weighted by Crippen LogP contribution is 2.11. The monoisotopic (exact) mass is 178 g/mol. The maximum Gasteiger partial charge on any atom is 0.0947 e. The number of hydrogen-bond donors (Lipinski definition) is 1. The van der Waals surface area contributed by atoms with E-state index in [1.54, 1.807) is 12.5 Å². The molecule has 1 aromatic rings. The van der Waals surface area contributed by atoms with Crippen LogP contribution in [0.2, 0.25) is 0 Å². The van der Waals surface area contributed by atoms with Crippen LogP contribution >= 0.6 is 0 Å². The summed E-state index contributed by atoms with van der Waals surface area (Å²) in [6, 6.07) is 4.14. The molecule has 0 aliphatic carbocycles. The molecule has 0 aliphatic heterocycles. The van der Waals surface area contributed by atoms with E-state index in [9.17, 15) is 0 Å². The van der Waals surface area contributed by atoms with Crippen molar-refractivity contribution in [2.45, 2.75) is 20.4 Å². The van der Waals surface area contributed by atoms with E-state index >= 15 is 0 Å². The van der Waals surface area contributed by atoms with Crippen LogP contribution in [0, 0.1) is 16.7 Å². The van der Waals surface area contributed by atoms with Gasteiger partial charge < -0.3 is 9.73 Å². The number of nitrogens with zero attached hydrogens (tertiary/aromatic N) is 1. The summed E-state index contributed by atoms with van der Waals surface area (Å²) >= 11 is 0. The minimum Gasteiger partial charge on any atom is -0.472 e. The Morgan fingerprint density at radius 1 is 1.62 bits per heavy atom. The van der Waals surface area contributed by atoms with Gasteiger partial charge in [-0.3, -0.25) is 0 Å². The highest BCUT2D eigenvalue weighted by Gasteiger charge is 2.15. The molecule has 0 bridgehead atoms. The van der Waals surface area contributed by atoms with Crippen molar-refractivity contribution in [3.05, 3.63) is 24.2 Å². The highest BCUT2D eigenvalue weighted by atomic mass is 16.3. The minimum atomic E-state index is -0.302. The molecule has 0 aliphatic rings. The summed E-state index contributed by atoms with van der Waals surface area (Å²) in [6.45, 7) is 5.26. The fraction of sp³-hybridized carbons (Fsp3) is 0.500. The molecule has 3 heteroatoms. The van der Waals surface area contributed by atoms with Crippen molar-refractivity contribution < 1.29 is 4.42 Å². The quantitative estimate of drug-likeness (QED) is 0.766. The average molecular weight is 178 g/mol. The Hall–Kier alpha value is -1.27. The van der Waals surface area contributed by atoms with Gasteiger partial charge >= 0.3 is 0 Å². The van der Waals surface area contributed by atoms with Gasteiger partial charge in [-0.05, 0) is 19.9 Å². The van der Waals surface area contributed by atoms with Gasteiger partial charge in [-0.25, -0.2) is 0 Å². The largest absolute Gasteiger partial charge is 0.472 e. The number of furan rings is 1. The summed E-state index contributed by atoms with van der Waals surface area (Å²) in [5.41, 5.74) is 0.803. The third kappa shape index (κ3) is 3.30. The van der Waals surface area contributed by atoms with Gasteiger partial charge in [0.2, 0.25) is 0 Å². The van der Waals surface area contributed by atoms with E-state index in [0.717, 1.165) is 12.1 Å². The van der Waals surface area contributed by atoms with Crippen molar-refractivity contribution in [1.29, 1.82) is 5.26 Å². The summed E-state index contributed by atoms with van der Waals surface area (Å²) < 4.78 is 4.92. The van der Waals surface area contributed by atoms with E-state index in [0.29, 0.717) is 6.54 Å². The molecule has 0 spiro atoms. The third-order valence-electron chi connectivity index (χ3n) is 1.78. The molecule has 3 nitrogen and oxygen atoms in total. The summed E-state index contributed by atoms with van der Waals surface area (Å²) in [6.07, 6.45) is 3.35. The molecule has 0 saturated carbocycles. The van der Waals surface area contributed by atoms with Crippen molar-refractivity contribution in [3.8, 4) is 6.07 Å². The fourth-order valence-corrected chi connectivity index (χ4v) is 0.952. The van der Waals surface area contributed by atoms with E-state index in [1.165, 1.54) is 0 Å². The minimum absolute atomic E-state index is 0.302. The molecule has 0 amide bonds. The second-order valence-electron chi connectivity index (χ2n) is 3.73. The van der Waals surface area contributed by atoms with Crippen molar-refractivity contribution in [2.24, 2.45) is 5.41 Å². The SMILES string of the molecule is CC(C)(C#N)CNCc1ccoc1. The first-order valence-corrected chi connectivity index (χ1v) is 4.27. The smallest absolute Gasteiger partial charge is 0.0947 e. The summed E-state index contributed by atoms with van der Waals surface area (Å²) in [5, 5.41) is 11.9. The molecule has 0 saturated heterocycles. The predicted molar refractivity (Wildman–Crippen MR) is 49.8 cm³/mol. The number of nitriles is 1. The van der Waals surface area contributed by atoms with E-state index < -0.39 is 0 Å². The Kier molecular flexibility index (Phi) is 3.10. The number of hydrogen-bond acceptors (Lipinski definition) is 3. The van der Waals surface area contributed by atoms with Crippen LogP contribution in [-0.4, -0.2) is 6.54 Å². The lowest BCUT2D eigenvalue weighted by Gasteiger charge is -2.14. The van der Waals surface area contributed by atoms with Crippen molar-refractivity contribution in [3.63, 3.8) is 0 Å². The lowest BCUT2D eigenvalue weighted by molar-refractivity contribution is 0.444. The zero-order valence-corrected chi connectivity index (χ0v) is 8.00. The topological polar surface area (TPSA) is 49.0 Å². The van der Waals surface area contributed by atoms with Crippen LogP contribution in [-0.2, 0) is 6.54 Å². The fourth-order valence-electron chi connectivity index (χ4n) is 0.952. The van der Waals surface area contributed by atoms with Crippen LogP contribution in [0.25, 0.3) is 0 Å². The maximum atomic E-state index is 8.74. The summed E-state index contributed by atoms with van der Waals surface area (Å²) in [5.74, 6) is 0. The summed E-state index contributed by atoms with van der Waals surface area (Å²) in [7, 11) is 0. The first-order valence-electron chi connectivity index (χ1n) is 4.27. The first-order chi connectivity index (χ1) is 6.14. The predicted octanol–water partition coefficient (Wildman–Crippen LogP) is 1.92. The Bertz CT molecular complexity index is 282. The van der Waals surface area contributed by atoms with E-state index in [2.05, 4.69) is 11.4 Å². The molecule has 0 aromatic carbocycles. The van der Waals surface area contributed by atoms with E-state index in [4.69, 9.17) is 9.68 Å². The molecule has 13 heavy (non-hydrogen) atoms. The Balaban J connectivity index is 2.26. The van der Waals surface area contributed by atoms with Gasteiger partial charge in [0.25, 0.3) is 0 Å². The molecule has 0 radical (unpaired) electrons. The van der Waals surface area contributed by atoms with Crippen LogP contribution < -0.4 is 5.32 Å². The normalized spacial score (nSPS) is 11.2. The lowest BCUT2D eigenvalue weighted by Crippen LogP contribution is -2.27. The van der Waals surface area contributed by atoms with Crippen LogP contribution in [0.3, 0.4) is 0 Å². The second kappa shape index (κ2) is 4.11. The van der Waals surface area contributed by atoms with Crippen LogP contribution in [0.5, 0.6) is 0 Å². The standard InChI is InChI=1S/C10H14N2O/c1-10(2,7-11)8-12-5-9-3-4-13-6-9/h3-4,6,12H,5,8H2,1-2H3. The van der Waals surface area contributed by atoms with Gasteiger partial charge in [0.15, 0.2) is 0 Å². The zero-order chi connectivity index (χ0) is 9.73. The van der Waals surface area contributed by atoms with Crippen LogP contribution in [0.1, 0.15) is 19.4 Å². The molecular weight excluding hydrogens is 164 g/mol. The lowest BCUT2D eigenvalue weighted by atomic mass is 9.96. The van der Waals surface area contributed by atoms with Gasteiger partial charge in [0, 0.05) is 18.7 Å². The molecule has 1 heterocycles. The van der Waals surface area contributed by atoms with Crippen molar-refractivity contribution in [2.75, 3.05) is 6.54 Å². The molecule has 0 atom stereocenters. The molecule has 1 N–H and O–H groups in total. The van der Waals surface area contributed by atoms with Crippen molar-refractivity contribution in [1.82, 2.24) is 5.32 Å². The average Bonchev–Trinajstić information content (AvgIpc) is 2.57. The van der Waals surface area contributed by atoms with Gasteiger partial charge in [0.05, 0.1) is 24.0 Å². The maximum absolute atomic E-state index is 8.74. The van der Waals surface area contributed by atoms with Gasteiger partial charge in [-0.15, -0.1) is 0 Å². The van der Waals surface area contributed by atoms with Crippen LogP contribution in [0.4, 0.5) is 0 Å². The highest BCUT2D eigenvalue weighted by molar-refractivity contribution is 5.05. The molecule has 1 aromatic heterocycles. The van der Waals surface area contributed by atoms with Crippen LogP contribution in [0.15, 0.2) is 23.0 Å². The Morgan fingerprint density at radius 3 is 2.92 bits per heavy atom. The second-order valence-corrected chi connectivity index (χ2v) is 3.73. The number of rotatable bonds is 4. The van der Waals surface area contributed by atoms with E-state index in [1.807, 2.05) is 19.9 Å². The molecule has 0 fully saturated rings. The molecule has 70 valence electrons. The molecular formula is C10H14N2O. The summed E-state index contributed by atoms with van der Waals surface area (Å²) in [4.78, 5) is 0. The van der Waals surface area contributed by atoms with E-state index in [-0.39, 0.29) is 5.41 Å².